The maximum atomic E-state index is 11.4. The van der Waals surface area contributed by atoms with Gasteiger partial charge in [0.05, 0.1) is 18.3 Å². The summed E-state index contributed by atoms with van der Waals surface area (Å²) >= 11 is 0. The van der Waals surface area contributed by atoms with Crippen LogP contribution in [0.2, 0.25) is 0 Å². The average molecular weight is 223 g/mol. The van der Waals surface area contributed by atoms with Gasteiger partial charge < -0.3 is 10.4 Å². The Bertz CT molecular complexity index is 367. The molecule has 1 atom stereocenters. The van der Waals surface area contributed by atoms with Crippen molar-refractivity contribution >= 4 is 12.0 Å². The molecule has 1 aromatic heterocycles. The Hall–Kier alpha value is -1.62. The number of rotatable bonds is 5. The number of nitrogens with zero attached hydrogens (tertiary/aromatic N) is 2. The Balaban J connectivity index is 2.51. The van der Waals surface area contributed by atoms with Gasteiger partial charge in [-0.3, -0.25) is 9.48 Å². The predicted molar refractivity (Wildman–Crippen MR) is 61.5 cm³/mol. The van der Waals surface area contributed by atoms with Gasteiger partial charge in [-0.05, 0) is 18.6 Å². The molecule has 0 aliphatic heterocycles. The van der Waals surface area contributed by atoms with Crippen molar-refractivity contribution in [1.82, 2.24) is 15.1 Å². The van der Waals surface area contributed by atoms with E-state index in [1.54, 1.807) is 24.0 Å². The van der Waals surface area contributed by atoms with Crippen LogP contribution in [-0.2, 0) is 11.8 Å². The highest BCUT2D eigenvalue weighted by Gasteiger charge is 2.06. The molecule has 1 rings (SSSR count). The zero-order chi connectivity index (χ0) is 12.0. The summed E-state index contributed by atoms with van der Waals surface area (Å²) in [7, 11) is 1.81. The molecule has 1 aromatic rings. The van der Waals surface area contributed by atoms with Crippen molar-refractivity contribution in [2.75, 3.05) is 6.61 Å². The standard InChI is InChI=1S/C11H17N3O2/c1-3-9(8-15)13-11(16)5-4-10-6-7-12-14(10)2/h4-7,9,15H,3,8H2,1-2H3,(H,13,16)/b5-4+/t9-/m1/s1. The summed E-state index contributed by atoms with van der Waals surface area (Å²) in [6, 6.07) is 1.64. The zero-order valence-corrected chi connectivity index (χ0v) is 9.55. The van der Waals surface area contributed by atoms with Crippen LogP contribution < -0.4 is 5.32 Å². The lowest BCUT2D eigenvalue weighted by Gasteiger charge is -2.11. The van der Waals surface area contributed by atoms with Crippen molar-refractivity contribution in [2.45, 2.75) is 19.4 Å². The molecule has 1 amide bonds. The van der Waals surface area contributed by atoms with Gasteiger partial charge in [0.15, 0.2) is 0 Å². The first-order chi connectivity index (χ1) is 7.67. The molecule has 2 N–H and O–H groups in total. The van der Waals surface area contributed by atoms with Crippen LogP contribution in [0.15, 0.2) is 18.3 Å². The summed E-state index contributed by atoms with van der Waals surface area (Å²) in [6.45, 7) is 1.87. The van der Waals surface area contributed by atoms with Crippen molar-refractivity contribution in [3.8, 4) is 0 Å². The molecule has 0 aliphatic carbocycles. The summed E-state index contributed by atoms with van der Waals surface area (Å²) in [5.74, 6) is -0.206. The molecule has 0 aromatic carbocycles. The maximum absolute atomic E-state index is 11.4. The molecular weight excluding hydrogens is 206 g/mol. The van der Waals surface area contributed by atoms with Crippen molar-refractivity contribution in [3.63, 3.8) is 0 Å². The van der Waals surface area contributed by atoms with Crippen LogP contribution in [0.1, 0.15) is 19.0 Å². The zero-order valence-electron chi connectivity index (χ0n) is 9.55. The van der Waals surface area contributed by atoms with Crippen LogP contribution in [0.3, 0.4) is 0 Å². The summed E-state index contributed by atoms with van der Waals surface area (Å²) in [5, 5.41) is 15.6. The first-order valence-electron chi connectivity index (χ1n) is 5.24. The van der Waals surface area contributed by atoms with Gasteiger partial charge in [0.25, 0.3) is 0 Å². The third-order valence-electron chi connectivity index (χ3n) is 2.32. The van der Waals surface area contributed by atoms with Crippen molar-refractivity contribution in [2.24, 2.45) is 7.05 Å². The smallest absolute Gasteiger partial charge is 0.244 e. The number of nitrogens with one attached hydrogen (secondary N) is 1. The third-order valence-corrected chi connectivity index (χ3v) is 2.32. The molecule has 0 saturated carbocycles. The monoisotopic (exact) mass is 223 g/mol. The van der Waals surface area contributed by atoms with Gasteiger partial charge in [0, 0.05) is 19.3 Å². The minimum Gasteiger partial charge on any atom is -0.394 e. The predicted octanol–water partition coefficient (Wildman–Crippen LogP) is 0.320. The van der Waals surface area contributed by atoms with E-state index < -0.39 is 0 Å². The summed E-state index contributed by atoms with van der Waals surface area (Å²) in [4.78, 5) is 11.4. The molecule has 0 aliphatic rings. The van der Waals surface area contributed by atoms with E-state index in [9.17, 15) is 4.79 Å². The quantitative estimate of drug-likeness (QED) is 0.706. The Morgan fingerprint density at radius 3 is 3.00 bits per heavy atom. The van der Waals surface area contributed by atoms with E-state index in [2.05, 4.69) is 10.4 Å². The molecule has 1 heterocycles. The number of amides is 1. The van der Waals surface area contributed by atoms with E-state index in [4.69, 9.17) is 5.11 Å². The van der Waals surface area contributed by atoms with Crippen LogP contribution in [0.5, 0.6) is 0 Å². The summed E-state index contributed by atoms with van der Waals surface area (Å²) < 4.78 is 1.67. The molecule has 16 heavy (non-hydrogen) atoms. The van der Waals surface area contributed by atoms with Crippen molar-refractivity contribution < 1.29 is 9.90 Å². The number of aliphatic hydroxyl groups is 1. The van der Waals surface area contributed by atoms with Crippen LogP contribution >= 0.6 is 0 Å². The molecule has 0 saturated heterocycles. The molecule has 0 spiro atoms. The number of carbonyl (C=O) groups excluding carboxylic acids is 1. The van der Waals surface area contributed by atoms with E-state index in [1.807, 2.05) is 13.0 Å². The van der Waals surface area contributed by atoms with Crippen LogP contribution in [-0.4, -0.2) is 33.4 Å². The summed E-state index contributed by atoms with van der Waals surface area (Å²) in [6.07, 6.45) is 5.50. The van der Waals surface area contributed by atoms with E-state index >= 15 is 0 Å². The topological polar surface area (TPSA) is 67.2 Å². The van der Waals surface area contributed by atoms with Crippen molar-refractivity contribution in [1.29, 1.82) is 0 Å². The first kappa shape index (κ1) is 12.4. The number of aromatic nitrogens is 2. The Labute approximate surface area is 94.8 Å². The Morgan fingerprint density at radius 1 is 1.75 bits per heavy atom. The summed E-state index contributed by atoms with van der Waals surface area (Å²) in [5.41, 5.74) is 0.854. The molecule has 5 nitrogen and oxygen atoms in total. The van der Waals surface area contributed by atoms with Crippen LogP contribution in [0.4, 0.5) is 0 Å². The highest BCUT2D eigenvalue weighted by molar-refractivity contribution is 5.91. The van der Waals surface area contributed by atoms with Gasteiger partial charge in [-0.2, -0.15) is 5.10 Å². The number of hydrogen-bond donors (Lipinski definition) is 2. The van der Waals surface area contributed by atoms with E-state index in [0.29, 0.717) is 6.42 Å². The Kier molecular flexibility index (Phi) is 4.72. The SMILES string of the molecule is CC[C@H](CO)NC(=O)/C=C/c1ccnn1C. The second kappa shape index (κ2) is 6.07. The third kappa shape index (κ3) is 3.51. The number of aryl methyl sites for hydroxylation is 1. The molecule has 0 bridgehead atoms. The van der Waals surface area contributed by atoms with Gasteiger partial charge in [-0.15, -0.1) is 0 Å². The Morgan fingerprint density at radius 2 is 2.50 bits per heavy atom. The lowest BCUT2D eigenvalue weighted by molar-refractivity contribution is -0.117. The van der Waals surface area contributed by atoms with Crippen LogP contribution in [0.25, 0.3) is 6.08 Å². The van der Waals surface area contributed by atoms with E-state index in [-0.39, 0.29) is 18.6 Å². The number of carbonyl (C=O) groups is 1. The molecule has 5 heteroatoms. The van der Waals surface area contributed by atoms with Crippen molar-refractivity contribution in [3.05, 3.63) is 24.0 Å². The molecule has 0 radical (unpaired) electrons. The van der Waals surface area contributed by atoms with E-state index in [1.165, 1.54) is 6.08 Å². The van der Waals surface area contributed by atoms with E-state index in [0.717, 1.165) is 5.69 Å². The highest BCUT2D eigenvalue weighted by Crippen LogP contribution is 1.99. The lowest BCUT2D eigenvalue weighted by Crippen LogP contribution is -2.35. The largest absolute Gasteiger partial charge is 0.394 e. The minimum absolute atomic E-state index is 0.0399. The van der Waals surface area contributed by atoms with Gasteiger partial charge in [0.2, 0.25) is 5.91 Å². The molecule has 0 unspecified atom stereocenters. The number of aliphatic hydroxyl groups excluding tert-OH is 1. The maximum Gasteiger partial charge on any atom is 0.244 e. The van der Waals surface area contributed by atoms with Gasteiger partial charge in [-0.25, -0.2) is 0 Å². The number of hydrogen-bond acceptors (Lipinski definition) is 3. The highest BCUT2D eigenvalue weighted by atomic mass is 16.3. The average Bonchev–Trinajstić information content (AvgIpc) is 2.69. The fourth-order valence-corrected chi connectivity index (χ4v) is 1.23. The normalized spacial score (nSPS) is 12.9. The van der Waals surface area contributed by atoms with Gasteiger partial charge in [0.1, 0.15) is 0 Å². The molecular formula is C11H17N3O2. The molecule has 0 fully saturated rings. The molecule has 88 valence electrons. The first-order valence-corrected chi connectivity index (χ1v) is 5.24. The van der Waals surface area contributed by atoms with Crippen LogP contribution in [0, 0.1) is 0 Å². The minimum atomic E-state index is -0.206. The fourth-order valence-electron chi connectivity index (χ4n) is 1.23. The van der Waals surface area contributed by atoms with Gasteiger partial charge in [-0.1, -0.05) is 6.92 Å². The second-order valence-corrected chi connectivity index (χ2v) is 3.51. The fraction of sp³-hybridized carbons (Fsp3) is 0.455. The second-order valence-electron chi connectivity index (χ2n) is 3.51. The van der Waals surface area contributed by atoms with Gasteiger partial charge >= 0.3 is 0 Å². The lowest BCUT2D eigenvalue weighted by atomic mass is 10.2.